The van der Waals surface area contributed by atoms with E-state index in [1.54, 1.807) is 6.21 Å². The highest BCUT2D eigenvalue weighted by atomic mass is 32.1. The van der Waals surface area contributed by atoms with Crippen LogP contribution in [-0.2, 0) is 0 Å². The van der Waals surface area contributed by atoms with Crippen LogP contribution in [-0.4, -0.2) is 16.9 Å². The van der Waals surface area contributed by atoms with Crippen LogP contribution in [0, 0.1) is 0 Å². The van der Waals surface area contributed by atoms with E-state index in [0.717, 1.165) is 30.0 Å². The van der Waals surface area contributed by atoms with Crippen LogP contribution in [0.5, 0.6) is 0 Å². The summed E-state index contributed by atoms with van der Waals surface area (Å²) in [5.74, 6) is 0. The Morgan fingerprint density at radius 3 is 3.21 bits per heavy atom. The number of hydrogen-bond acceptors (Lipinski definition) is 3. The van der Waals surface area contributed by atoms with Crippen molar-refractivity contribution in [2.75, 3.05) is 0 Å². The maximum atomic E-state index is 5.15. The Balaban J connectivity index is 2.18. The van der Waals surface area contributed by atoms with Gasteiger partial charge in [0.25, 0.3) is 0 Å². The maximum absolute atomic E-state index is 5.15. The fourth-order valence-corrected chi connectivity index (χ4v) is 2.35. The molecule has 0 unspecified atom stereocenters. The molecular weight excluding hydrogens is 194 g/mol. The zero-order valence-electron chi connectivity index (χ0n) is 7.58. The second kappa shape index (κ2) is 2.85. The average Bonchev–Trinajstić information content (AvgIpc) is 2.51. The van der Waals surface area contributed by atoms with Crippen molar-refractivity contribution in [3.63, 3.8) is 0 Å². The average molecular weight is 203 g/mol. The first-order chi connectivity index (χ1) is 6.84. The Morgan fingerprint density at radius 2 is 2.29 bits per heavy atom. The van der Waals surface area contributed by atoms with E-state index >= 15 is 0 Å². The van der Waals surface area contributed by atoms with Crippen LogP contribution in [0.1, 0.15) is 19.3 Å². The van der Waals surface area contributed by atoms with Gasteiger partial charge in [-0.2, -0.15) is 5.10 Å². The van der Waals surface area contributed by atoms with Gasteiger partial charge in [0.1, 0.15) is 10.7 Å². The largest absolute Gasteiger partial charge is 0.285 e. The molecule has 1 aliphatic carbocycles. The molecule has 0 radical (unpaired) electrons. The molecule has 0 aromatic heterocycles. The van der Waals surface area contributed by atoms with E-state index in [0.29, 0.717) is 0 Å². The minimum atomic E-state index is 0.769. The number of hydrazone groups is 1. The zero-order valence-corrected chi connectivity index (χ0v) is 8.40. The molecule has 3 aliphatic rings. The third-order valence-electron chi connectivity index (χ3n) is 2.75. The summed E-state index contributed by atoms with van der Waals surface area (Å²) in [5, 5.41) is 4.21. The van der Waals surface area contributed by atoms with E-state index in [4.69, 9.17) is 12.2 Å². The first-order valence-electron chi connectivity index (χ1n) is 4.66. The van der Waals surface area contributed by atoms with Crippen molar-refractivity contribution in [1.82, 2.24) is 5.43 Å². The van der Waals surface area contributed by atoms with Crippen molar-refractivity contribution in [3.8, 4) is 0 Å². The maximum Gasteiger partial charge on any atom is 0.109 e. The third-order valence-corrected chi connectivity index (χ3v) is 3.00. The van der Waals surface area contributed by atoms with Gasteiger partial charge in [-0.15, -0.1) is 0 Å². The number of rotatable bonds is 0. The SMILES string of the molecule is S=C1CC2=C3C(=CNN=C3C=N1)CC2. The van der Waals surface area contributed by atoms with Gasteiger partial charge in [-0.25, -0.2) is 4.99 Å². The van der Waals surface area contributed by atoms with Crippen LogP contribution in [0.4, 0.5) is 0 Å². The summed E-state index contributed by atoms with van der Waals surface area (Å²) in [6, 6.07) is 0. The van der Waals surface area contributed by atoms with Crippen LogP contribution < -0.4 is 5.43 Å². The van der Waals surface area contributed by atoms with Crippen molar-refractivity contribution in [3.05, 3.63) is 22.9 Å². The lowest BCUT2D eigenvalue weighted by Gasteiger charge is -2.11. The molecule has 4 heteroatoms. The van der Waals surface area contributed by atoms with Gasteiger partial charge < -0.3 is 0 Å². The Labute approximate surface area is 87.3 Å². The van der Waals surface area contributed by atoms with Gasteiger partial charge in [-0.05, 0) is 18.4 Å². The van der Waals surface area contributed by atoms with Gasteiger partial charge >= 0.3 is 0 Å². The first kappa shape index (κ1) is 8.05. The van der Waals surface area contributed by atoms with E-state index in [1.165, 1.54) is 16.7 Å². The molecule has 0 spiro atoms. The van der Waals surface area contributed by atoms with E-state index in [2.05, 4.69) is 15.5 Å². The molecule has 3 nitrogen and oxygen atoms in total. The standard InChI is InChI=1S/C10H9N3S/c14-9-3-6-1-2-7-4-12-13-8(5-11-9)10(6)7/h4-5,12H,1-3H2. The minimum absolute atomic E-state index is 0.769. The molecule has 0 saturated carbocycles. The first-order valence-corrected chi connectivity index (χ1v) is 5.07. The Morgan fingerprint density at radius 1 is 1.36 bits per heavy atom. The number of thiocarbonyl (C=S) groups is 1. The molecule has 0 atom stereocenters. The molecule has 3 rings (SSSR count). The molecule has 0 saturated heterocycles. The van der Waals surface area contributed by atoms with Gasteiger partial charge in [0.15, 0.2) is 0 Å². The van der Waals surface area contributed by atoms with Crippen molar-refractivity contribution >= 4 is 29.1 Å². The Bertz CT molecular complexity index is 440. The molecular formula is C10H9N3S. The van der Waals surface area contributed by atoms with Crippen molar-refractivity contribution < 1.29 is 0 Å². The second-order valence-corrected chi connectivity index (χ2v) is 4.07. The second-order valence-electron chi connectivity index (χ2n) is 3.60. The summed E-state index contributed by atoms with van der Waals surface area (Å²) in [4.78, 5) is 4.96. The fourth-order valence-electron chi connectivity index (χ4n) is 2.12. The molecule has 0 bridgehead atoms. The minimum Gasteiger partial charge on any atom is -0.285 e. The van der Waals surface area contributed by atoms with Crippen LogP contribution in [0.3, 0.4) is 0 Å². The molecule has 70 valence electrons. The molecule has 0 aromatic rings. The third kappa shape index (κ3) is 1.07. The van der Waals surface area contributed by atoms with Gasteiger partial charge in [-0.1, -0.05) is 17.8 Å². The molecule has 1 N–H and O–H groups in total. The van der Waals surface area contributed by atoms with E-state index in [9.17, 15) is 0 Å². The normalized spacial score (nSPS) is 23.9. The topological polar surface area (TPSA) is 36.8 Å². The van der Waals surface area contributed by atoms with Crippen molar-refractivity contribution in [2.45, 2.75) is 19.3 Å². The predicted octanol–water partition coefficient (Wildman–Crippen LogP) is 1.72. The summed E-state index contributed by atoms with van der Waals surface area (Å²) < 4.78 is 0. The number of allylic oxidation sites excluding steroid dienone is 2. The van der Waals surface area contributed by atoms with E-state index in [-0.39, 0.29) is 0 Å². The quantitative estimate of drug-likeness (QED) is 0.609. The Kier molecular flexibility index (Phi) is 1.64. The molecule has 0 fully saturated rings. The van der Waals surface area contributed by atoms with E-state index in [1.807, 2.05) is 6.20 Å². The van der Waals surface area contributed by atoms with Crippen LogP contribution in [0.25, 0.3) is 0 Å². The number of nitrogens with zero attached hydrogens (tertiary/aromatic N) is 2. The lowest BCUT2D eigenvalue weighted by molar-refractivity contribution is 0.918. The summed E-state index contributed by atoms with van der Waals surface area (Å²) >= 11 is 5.15. The van der Waals surface area contributed by atoms with Gasteiger partial charge in [0.2, 0.25) is 0 Å². The highest BCUT2D eigenvalue weighted by Crippen LogP contribution is 2.36. The Hall–Kier alpha value is -1.29. The smallest absolute Gasteiger partial charge is 0.109 e. The number of aliphatic imine (C=N–C) groups is 1. The fraction of sp³-hybridized carbons (Fsp3) is 0.300. The molecule has 2 aliphatic heterocycles. The van der Waals surface area contributed by atoms with Crippen LogP contribution in [0.15, 0.2) is 33.0 Å². The number of nitrogens with one attached hydrogen (secondary N) is 1. The lowest BCUT2D eigenvalue weighted by atomic mass is 10.0. The highest BCUT2D eigenvalue weighted by Gasteiger charge is 2.27. The van der Waals surface area contributed by atoms with E-state index < -0.39 is 0 Å². The van der Waals surface area contributed by atoms with Gasteiger partial charge in [0.05, 0.1) is 6.21 Å². The predicted molar refractivity (Wildman–Crippen MR) is 60.6 cm³/mol. The van der Waals surface area contributed by atoms with Gasteiger partial charge in [0, 0.05) is 18.2 Å². The highest BCUT2D eigenvalue weighted by molar-refractivity contribution is 7.80. The zero-order chi connectivity index (χ0) is 9.54. The van der Waals surface area contributed by atoms with Crippen molar-refractivity contribution in [2.24, 2.45) is 10.1 Å². The summed E-state index contributed by atoms with van der Waals surface area (Å²) in [7, 11) is 0. The molecule has 0 amide bonds. The lowest BCUT2D eigenvalue weighted by Crippen LogP contribution is -2.15. The monoisotopic (exact) mass is 203 g/mol. The van der Waals surface area contributed by atoms with Crippen LogP contribution >= 0.6 is 12.2 Å². The number of hydrogen-bond donors (Lipinski definition) is 1. The summed E-state index contributed by atoms with van der Waals surface area (Å²) in [6.45, 7) is 0. The summed E-state index contributed by atoms with van der Waals surface area (Å²) in [6.07, 6.45) is 6.79. The molecule has 14 heavy (non-hydrogen) atoms. The molecule has 0 aromatic carbocycles. The van der Waals surface area contributed by atoms with Gasteiger partial charge in [-0.3, -0.25) is 5.43 Å². The van der Waals surface area contributed by atoms with Crippen molar-refractivity contribution in [1.29, 1.82) is 0 Å². The summed E-state index contributed by atoms with van der Waals surface area (Å²) in [5.41, 5.74) is 7.89. The molecule has 2 heterocycles. The van der Waals surface area contributed by atoms with Crippen LogP contribution in [0.2, 0.25) is 0 Å².